The predicted octanol–water partition coefficient (Wildman–Crippen LogP) is 2.55. The number of ether oxygens (including phenoxy) is 1. The lowest BCUT2D eigenvalue weighted by molar-refractivity contribution is -0.193. The molecule has 0 amide bonds. The number of carbonyl (C=O) groups is 2. The summed E-state index contributed by atoms with van der Waals surface area (Å²) in [6.07, 6.45) is -2.44. The number of hydrogen-bond donors (Lipinski definition) is 2. The van der Waals surface area contributed by atoms with E-state index in [1.807, 2.05) is 6.07 Å². The van der Waals surface area contributed by atoms with E-state index in [0.29, 0.717) is 12.6 Å². The molecule has 2 aromatic rings. The van der Waals surface area contributed by atoms with Crippen LogP contribution in [0.2, 0.25) is 0 Å². The van der Waals surface area contributed by atoms with Gasteiger partial charge >= 0.3 is 24.3 Å². The molecule has 2 aromatic heterocycles. The standard InChI is InChI=1S/C16H19FN6O.2C2HF3O2/c17-13-10-20-15(21-11-13)23-8-9-24-16(12-23)2-6-22(7-3-16)14-18-4-1-5-19-14;2*3-2(4,5)1(6)7/h1,4-5,10-11H,2-3,6-9,12H2;2*(H,6,7). The number of aliphatic carboxylic acids is 2. The lowest BCUT2D eigenvalue weighted by Crippen LogP contribution is -2.57. The largest absolute Gasteiger partial charge is 0.490 e. The quantitative estimate of drug-likeness (QED) is 0.525. The summed E-state index contributed by atoms with van der Waals surface area (Å²) in [5.74, 6) is -4.60. The fourth-order valence-corrected chi connectivity index (χ4v) is 3.36. The van der Waals surface area contributed by atoms with E-state index in [2.05, 4.69) is 29.7 Å². The molecule has 0 aromatic carbocycles. The molecular weight excluding hydrogens is 537 g/mol. The zero-order chi connectivity index (χ0) is 28.6. The minimum atomic E-state index is -5.08. The molecule has 2 saturated heterocycles. The number of piperidine rings is 1. The van der Waals surface area contributed by atoms with E-state index in [1.54, 1.807) is 12.4 Å². The van der Waals surface area contributed by atoms with Gasteiger partial charge in [0.15, 0.2) is 5.82 Å². The van der Waals surface area contributed by atoms with Crippen molar-refractivity contribution >= 4 is 23.8 Å². The summed E-state index contributed by atoms with van der Waals surface area (Å²) in [6.45, 7) is 3.77. The monoisotopic (exact) mass is 558 g/mol. The molecule has 11 nitrogen and oxygen atoms in total. The first-order valence-corrected chi connectivity index (χ1v) is 10.6. The van der Waals surface area contributed by atoms with Crippen molar-refractivity contribution in [1.29, 1.82) is 0 Å². The van der Waals surface area contributed by atoms with Crippen molar-refractivity contribution in [3.63, 3.8) is 0 Å². The van der Waals surface area contributed by atoms with Crippen LogP contribution in [0.3, 0.4) is 0 Å². The highest BCUT2D eigenvalue weighted by atomic mass is 19.4. The van der Waals surface area contributed by atoms with E-state index in [1.165, 1.54) is 12.4 Å². The van der Waals surface area contributed by atoms with Crippen molar-refractivity contribution in [3.05, 3.63) is 36.7 Å². The topological polar surface area (TPSA) is 142 Å². The summed E-state index contributed by atoms with van der Waals surface area (Å²) < 4.78 is 82.6. The van der Waals surface area contributed by atoms with Crippen LogP contribution in [0.25, 0.3) is 0 Å². The molecule has 4 rings (SSSR count). The number of carboxylic acids is 2. The Kier molecular flexibility index (Phi) is 10.1. The second-order valence-electron chi connectivity index (χ2n) is 7.80. The molecule has 1 spiro atoms. The summed E-state index contributed by atoms with van der Waals surface area (Å²) in [4.78, 5) is 38.9. The van der Waals surface area contributed by atoms with Crippen LogP contribution < -0.4 is 9.80 Å². The van der Waals surface area contributed by atoms with Crippen LogP contribution in [-0.2, 0) is 14.3 Å². The molecule has 0 atom stereocenters. The maximum atomic E-state index is 13.0. The lowest BCUT2D eigenvalue weighted by atomic mass is 9.89. The van der Waals surface area contributed by atoms with Crippen LogP contribution in [0.15, 0.2) is 30.9 Å². The zero-order valence-electron chi connectivity index (χ0n) is 19.3. The Morgan fingerprint density at radius 2 is 1.26 bits per heavy atom. The zero-order valence-corrected chi connectivity index (χ0v) is 19.3. The van der Waals surface area contributed by atoms with Gasteiger partial charge in [-0.2, -0.15) is 26.3 Å². The van der Waals surface area contributed by atoms with E-state index in [4.69, 9.17) is 24.5 Å². The van der Waals surface area contributed by atoms with Gasteiger partial charge < -0.3 is 24.7 Å². The molecule has 2 N–H and O–H groups in total. The fraction of sp³-hybridized carbons (Fsp3) is 0.500. The van der Waals surface area contributed by atoms with E-state index in [0.717, 1.165) is 45.0 Å². The van der Waals surface area contributed by atoms with Gasteiger partial charge in [-0.15, -0.1) is 0 Å². The number of halogens is 7. The SMILES string of the molecule is Fc1cnc(N2CCOC3(CCN(c4ncccn4)CC3)C2)nc1.O=C(O)C(F)(F)F.O=C(O)C(F)(F)F. The molecule has 0 unspecified atom stereocenters. The molecule has 2 fully saturated rings. The molecule has 2 aliphatic heterocycles. The first-order valence-electron chi connectivity index (χ1n) is 10.6. The van der Waals surface area contributed by atoms with Gasteiger partial charge in [0.25, 0.3) is 0 Å². The Bertz CT molecular complexity index is 1020. The highest BCUT2D eigenvalue weighted by Crippen LogP contribution is 2.32. The summed E-state index contributed by atoms with van der Waals surface area (Å²) >= 11 is 0. The number of hydrogen-bond acceptors (Lipinski definition) is 9. The third-order valence-electron chi connectivity index (χ3n) is 5.13. The molecule has 38 heavy (non-hydrogen) atoms. The molecule has 0 aliphatic carbocycles. The summed E-state index contributed by atoms with van der Waals surface area (Å²) in [5.41, 5.74) is -0.207. The number of morpholine rings is 1. The van der Waals surface area contributed by atoms with E-state index in [9.17, 15) is 30.7 Å². The number of aromatic nitrogens is 4. The summed E-state index contributed by atoms with van der Waals surface area (Å²) in [5, 5.41) is 14.2. The van der Waals surface area contributed by atoms with Crippen molar-refractivity contribution in [2.75, 3.05) is 42.6 Å². The molecule has 0 radical (unpaired) electrons. The molecule has 210 valence electrons. The van der Waals surface area contributed by atoms with Crippen molar-refractivity contribution in [2.45, 2.75) is 30.8 Å². The Hall–Kier alpha value is -3.83. The number of nitrogens with zero attached hydrogens (tertiary/aromatic N) is 6. The van der Waals surface area contributed by atoms with Crippen LogP contribution >= 0.6 is 0 Å². The number of rotatable bonds is 2. The maximum absolute atomic E-state index is 13.0. The number of anilines is 2. The van der Waals surface area contributed by atoms with Gasteiger partial charge in [-0.25, -0.2) is 33.9 Å². The average Bonchev–Trinajstić information content (AvgIpc) is 2.85. The second-order valence-corrected chi connectivity index (χ2v) is 7.80. The van der Waals surface area contributed by atoms with Crippen molar-refractivity contribution in [1.82, 2.24) is 19.9 Å². The molecular formula is C20H21F7N6O5. The van der Waals surface area contributed by atoms with E-state index in [-0.39, 0.29) is 5.60 Å². The highest BCUT2D eigenvalue weighted by Gasteiger charge is 2.41. The normalized spacial score (nSPS) is 17.0. The second kappa shape index (κ2) is 12.6. The third kappa shape index (κ3) is 9.24. The molecule has 2 aliphatic rings. The third-order valence-corrected chi connectivity index (χ3v) is 5.13. The lowest BCUT2D eigenvalue weighted by Gasteiger charge is -2.47. The molecule has 4 heterocycles. The maximum Gasteiger partial charge on any atom is 0.490 e. The van der Waals surface area contributed by atoms with Gasteiger partial charge in [0, 0.05) is 32.0 Å². The van der Waals surface area contributed by atoms with E-state index < -0.39 is 30.1 Å². The van der Waals surface area contributed by atoms with Crippen LogP contribution in [0, 0.1) is 5.82 Å². The summed E-state index contributed by atoms with van der Waals surface area (Å²) in [7, 11) is 0. The van der Waals surface area contributed by atoms with Gasteiger partial charge in [-0.05, 0) is 18.9 Å². The highest BCUT2D eigenvalue weighted by molar-refractivity contribution is 5.73. The Morgan fingerprint density at radius 1 is 0.816 bits per heavy atom. The average molecular weight is 558 g/mol. The minimum Gasteiger partial charge on any atom is -0.475 e. The Balaban J connectivity index is 0.000000301. The fourth-order valence-electron chi connectivity index (χ4n) is 3.36. The van der Waals surface area contributed by atoms with Gasteiger partial charge in [0.05, 0.1) is 31.1 Å². The first kappa shape index (κ1) is 30.4. The Morgan fingerprint density at radius 3 is 1.71 bits per heavy atom. The number of carboxylic acid groups (broad SMARTS) is 2. The van der Waals surface area contributed by atoms with Crippen molar-refractivity contribution < 1.29 is 55.3 Å². The number of alkyl halides is 6. The molecule has 18 heteroatoms. The summed E-state index contributed by atoms with van der Waals surface area (Å²) in [6, 6.07) is 1.82. The molecule has 0 bridgehead atoms. The van der Waals surface area contributed by atoms with Crippen LogP contribution in [0.1, 0.15) is 12.8 Å². The smallest absolute Gasteiger partial charge is 0.475 e. The van der Waals surface area contributed by atoms with Crippen molar-refractivity contribution in [2.24, 2.45) is 0 Å². The molecule has 0 saturated carbocycles. The van der Waals surface area contributed by atoms with Crippen LogP contribution in [-0.4, -0.2) is 92.8 Å². The predicted molar refractivity (Wildman–Crippen MR) is 114 cm³/mol. The van der Waals surface area contributed by atoms with Crippen LogP contribution in [0.4, 0.5) is 42.6 Å². The van der Waals surface area contributed by atoms with Gasteiger partial charge in [0.1, 0.15) is 0 Å². The van der Waals surface area contributed by atoms with Gasteiger partial charge in [-0.3, -0.25) is 0 Å². The first-order chi connectivity index (χ1) is 17.6. The van der Waals surface area contributed by atoms with Gasteiger partial charge in [0.2, 0.25) is 11.9 Å². The Labute approximate surface area is 209 Å². The minimum absolute atomic E-state index is 0.207. The van der Waals surface area contributed by atoms with Crippen molar-refractivity contribution in [3.8, 4) is 0 Å². The van der Waals surface area contributed by atoms with E-state index >= 15 is 0 Å². The van der Waals surface area contributed by atoms with Gasteiger partial charge in [-0.1, -0.05) is 0 Å². The van der Waals surface area contributed by atoms with Crippen LogP contribution in [0.5, 0.6) is 0 Å².